The normalized spacial score (nSPS) is 21.7. The van der Waals surface area contributed by atoms with Gasteiger partial charge in [0.1, 0.15) is 30.6 Å². The molecular weight excluding hydrogens is 568 g/mol. The summed E-state index contributed by atoms with van der Waals surface area (Å²) in [5.41, 5.74) is -1.47. The summed E-state index contributed by atoms with van der Waals surface area (Å²) >= 11 is 0. The van der Waals surface area contributed by atoms with E-state index in [-0.39, 0.29) is 5.69 Å². The third-order valence-corrected chi connectivity index (χ3v) is 5.60. The van der Waals surface area contributed by atoms with Crippen LogP contribution < -0.4 is 0 Å². The lowest BCUT2D eigenvalue weighted by Crippen LogP contribution is -2.50. The summed E-state index contributed by atoms with van der Waals surface area (Å²) in [6.45, 7) is 8.86. The summed E-state index contributed by atoms with van der Waals surface area (Å²) < 4.78 is 39.3. The number of carbonyl (C=O) groups excluding carboxylic acids is 3. The fraction of sp³-hybridized carbons (Fsp3) is 0.593. The molecule has 0 N–H and O–H groups in total. The summed E-state index contributed by atoms with van der Waals surface area (Å²) in [4.78, 5) is 48.0. The van der Waals surface area contributed by atoms with Crippen molar-refractivity contribution >= 4 is 36.1 Å². The molecule has 3 rings (SSSR count). The summed E-state index contributed by atoms with van der Waals surface area (Å²) in [5, 5.41) is 14.7. The van der Waals surface area contributed by atoms with Gasteiger partial charge in [-0.3, -0.25) is 0 Å². The Bertz CT molecular complexity index is 1370. The van der Waals surface area contributed by atoms with Crippen LogP contribution in [0.5, 0.6) is 0 Å². The zero-order valence-corrected chi connectivity index (χ0v) is 25.2. The molecule has 1 aliphatic rings. The van der Waals surface area contributed by atoms with E-state index in [4.69, 9.17) is 33.2 Å². The van der Waals surface area contributed by atoms with Crippen LogP contribution in [0.2, 0.25) is 0 Å². The van der Waals surface area contributed by atoms with Gasteiger partial charge < -0.3 is 38.1 Å². The second-order valence-electron chi connectivity index (χ2n) is 10.5. The summed E-state index contributed by atoms with van der Waals surface area (Å²) in [7, 11) is 3.59. The smallest absolute Gasteiger partial charge is 0.432 e. The van der Waals surface area contributed by atoms with E-state index in [1.807, 2.05) is 6.07 Å². The molecule has 1 aliphatic heterocycles. The van der Waals surface area contributed by atoms with Crippen molar-refractivity contribution in [2.75, 3.05) is 20.7 Å². The molecule has 1 saturated heterocycles. The highest BCUT2D eigenvalue weighted by molar-refractivity contribution is 5.71. The van der Waals surface area contributed by atoms with Gasteiger partial charge in [0.15, 0.2) is 18.0 Å². The summed E-state index contributed by atoms with van der Waals surface area (Å²) in [5.74, 6) is 0.309. The molecule has 3 heterocycles. The van der Waals surface area contributed by atoms with Crippen molar-refractivity contribution < 1.29 is 47.5 Å². The van der Waals surface area contributed by atoms with Crippen molar-refractivity contribution in [2.24, 2.45) is 4.99 Å². The molecular formula is C27H36N6O10. The minimum absolute atomic E-state index is 0.272. The van der Waals surface area contributed by atoms with Crippen LogP contribution in [0.3, 0.4) is 0 Å². The minimum Gasteiger partial charge on any atom is -0.432 e. The van der Waals surface area contributed by atoms with E-state index in [9.17, 15) is 19.6 Å². The van der Waals surface area contributed by atoms with Gasteiger partial charge in [0, 0.05) is 14.1 Å². The van der Waals surface area contributed by atoms with Crippen LogP contribution >= 0.6 is 0 Å². The lowest BCUT2D eigenvalue weighted by atomic mass is 9.95. The van der Waals surface area contributed by atoms with Crippen molar-refractivity contribution in [2.45, 2.75) is 83.8 Å². The van der Waals surface area contributed by atoms with Crippen LogP contribution in [0.25, 0.3) is 5.52 Å². The Kier molecular flexibility index (Phi) is 10.7. The van der Waals surface area contributed by atoms with E-state index in [0.29, 0.717) is 11.3 Å². The van der Waals surface area contributed by atoms with Gasteiger partial charge in [0.25, 0.3) is 0 Å². The SMILES string of the molecule is CC(C)OC(=O)OC[C@@]1(C#N)O[C@@H](c2ccc3c(N=CN(C)C)ncnn23)[C@H](OC(=O)OC(C)C)[C@@H]1OC(=O)OC(C)C. The molecule has 0 saturated carbocycles. The fourth-order valence-corrected chi connectivity index (χ4v) is 4.01. The van der Waals surface area contributed by atoms with E-state index >= 15 is 0 Å². The predicted molar refractivity (Wildman–Crippen MR) is 148 cm³/mol. The first-order valence-corrected chi connectivity index (χ1v) is 13.5. The second-order valence-corrected chi connectivity index (χ2v) is 10.5. The number of rotatable bonds is 10. The first-order valence-electron chi connectivity index (χ1n) is 13.5. The van der Waals surface area contributed by atoms with Gasteiger partial charge in [0.05, 0.1) is 30.3 Å². The zero-order chi connectivity index (χ0) is 31.9. The molecule has 16 heteroatoms. The molecule has 1 fully saturated rings. The van der Waals surface area contributed by atoms with Gasteiger partial charge >= 0.3 is 18.5 Å². The maximum absolute atomic E-state index is 12.8. The minimum atomic E-state index is -2.19. The predicted octanol–water partition coefficient (Wildman–Crippen LogP) is 3.71. The topological polar surface area (TPSA) is 185 Å². The van der Waals surface area contributed by atoms with E-state index < -0.39 is 67.3 Å². The number of hydrogen-bond donors (Lipinski definition) is 0. The van der Waals surface area contributed by atoms with Crippen LogP contribution in [-0.2, 0) is 33.2 Å². The third kappa shape index (κ3) is 8.22. The van der Waals surface area contributed by atoms with Crippen molar-refractivity contribution in [3.8, 4) is 6.07 Å². The monoisotopic (exact) mass is 604 g/mol. The number of ether oxygens (including phenoxy) is 7. The zero-order valence-electron chi connectivity index (χ0n) is 25.2. The molecule has 0 spiro atoms. The Balaban J connectivity index is 2.14. The van der Waals surface area contributed by atoms with Crippen LogP contribution in [0.15, 0.2) is 23.5 Å². The number of aliphatic imine (C=N–C) groups is 1. The molecule has 0 unspecified atom stereocenters. The molecule has 0 aromatic carbocycles. The van der Waals surface area contributed by atoms with Crippen molar-refractivity contribution in [1.29, 1.82) is 5.26 Å². The molecule has 0 bridgehead atoms. The standard InChI is InChI=1S/C27H36N6O10/c1-15(2)38-24(34)37-12-27(11-28)22(42-26(36)40-17(5)6)21(41-25(35)39-16(3)4)20(43-27)18-9-10-19-23(30-14-32(7)8)29-13-31-33(18)19/h9-10,13-17,20-22H,12H2,1-8H3/t20-,21-,22-,27+/m0/s1. The molecule has 0 amide bonds. The Labute approximate surface area is 248 Å². The number of fused-ring (bicyclic) bond motifs is 1. The molecule has 234 valence electrons. The van der Waals surface area contributed by atoms with Gasteiger partial charge in [-0.25, -0.2) is 28.9 Å². The quantitative estimate of drug-likeness (QED) is 0.165. The first-order chi connectivity index (χ1) is 20.3. The van der Waals surface area contributed by atoms with Crippen LogP contribution in [0.1, 0.15) is 53.3 Å². The third-order valence-electron chi connectivity index (χ3n) is 5.60. The maximum atomic E-state index is 12.8. The highest BCUT2D eigenvalue weighted by Crippen LogP contribution is 2.44. The fourth-order valence-electron chi connectivity index (χ4n) is 4.01. The van der Waals surface area contributed by atoms with Crippen LogP contribution in [-0.4, -0.2) is 101 Å². The van der Waals surface area contributed by atoms with Crippen LogP contribution in [0.4, 0.5) is 20.2 Å². The molecule has 0 aliphatic carbocycles. The van der Waals surface area contributed by atoms with E-state index in [1.165, 1.54) is 10.8 Å². The maximum Gasteiger partial charge on any atom is 0.509 e. The number of hydrogen-bond acceptors (Lipinski definition) is 14. The van der Waals surface area contributed by atoms with Gasteiger partial charge in [-0.2, -0.15) is 10.4 Å². The van der Waals surface area contributed by atoms with Gasteiger partial charge in [-0.1, -0.05) is 0 Å². The van der Waals surface area contributed by atoms with Gasteiger partial charge in [0.2, 0.25) is 5.60 Å². The van der Waals surface area contributed by atoms with Gasteiger partial charge in [-0.05, 0) is 53.7 Å². The molecule has 4 atom stereocenters. The second kappa shape index (κ2) is 14.0. The average Bonchev–Trinajstić information content (AvgIpc) is 3.45. The Morgan fingerprint density at radius 1 is 1.05 bits per heavy atom. The summed E-state index contributed by atoms with van der Waals surface area (Å²) in [6, 6.07) is 5.18. The number of nitriles is 1. The Morgan fingerprint density at radius 2 is 1.65 bits per heavy atom. The van der Waals surface area contributed by atoms with Crippen LogP contribution in [0, 0.1) is 11.3 Å². The van der Waals surface area contributed by atoms with Crippen molar-refractivity contribution in [3.63, 3.8) is 0 Å². The number of carbonyl (C=O) groups is 3. The summed E-state index contributed by atoms with van der Waals surface area (Å²) in [6.07, 6.45) is -6.73. The Morgan fingerprint density at radius 3 is 2.23 bits per heavy atom. The average molecular weight is 605 g/mol. The highest BCUT2D eigenvalue weighted by Gasteiger charge is 2.62. The molecule has 0 radical (unpaired) electrons. The Hall–Kier alpha value is -4.65. The van der Waals surface area contributed by atoms with E-state index in [0.717, 1.165) is 0 Å². The van der Waals surface area contributed by atoms with Crippen molar-refractivity contribution in [1.82, 2.24) is 19.5 Å². The largest absolute Gasteiger partial charge is 0.509 e. The molecule has 2 aromatic heterocycles. The molecule has 43 heavy (non-hydrogen) atoms. The lowest BCUT2D eigenvalue weighted by molar-refractivity contribution is -0.100. The number of aromatic nitrogens is 3. The van der Waals surface area contributed by atoms with Crippen molar-refractivity contribution in [3.05, 3.63) is 24.2 Å². The molecule has 2 aromatic rings. The molecule has 16 nitrogen and oxygen atoms in total. The highest BCUT2D eigenvalue weighted by atomic mass is 16.8. The van der Waals surface area contributed by atoms with Gasteiger partial charge in [-0.15, -0.1) is 0 Å². The first kappa shape index (κ1) is 32.9. The van der Waals surface area contributed by atoms with E-state index in [2.05, 4.69) is 15.1 Å². The van der Waals surface area contributed by atoms with E-state index in [1.54, 1.807) is 79.0 Å². The lowest BCUT2D eigenvalue weighted by Gasteiger charge is -2.28. The number of nitrogens with zero attached hydrogens (tertiary/aromatic N) is 6.